The molecule has 0 spiro atoms. The summed E-state index contributed by atoms with van der Waals surface area (Å²) >= 11 is 0. The molecule has 2 rings (SSSR count). The molecule has 0 aromatic heterocycles. The number of nitrogens with one attached hydrogen (secondary N) is 2. The predicted octanol–water partition coefficient (Wildman–Crippen LogP) is 1.62. The Morgan fingerprint density at radius 3 is 2.53 bits per heavy atom. The number of ether oxygens (including phenoxy) is 1. The van der Waals surface area contributed by atoms with Gasteiger partial charge in [-0.25, -0.2) is 4.39 Å². The monoisotopic (exact) mass is 244 g/mol. The number of piperidine rings is 1. The lowest BCUT2D eigenvalue weighted by atomic mass is 9.96. The fourth-order valence-corrected chi connectivity index (χ4v) is 2.76. The third-order valence-corrected chi connectivity index (χ3v) is 3.79. The maximum absolute atomic E-state index is 14.2. The van der Waals surface area contributed by atoms with Crippen LogP contribution in [0.2, 0.25) is 0 Å². The van der Waals surface area contributed by atoms with Crippen molar-refractivity contribution in [2.45, 2.75) is 63.4 Å². The molecule has 3 nitrogen and oxygen atoms in total. The molecule has 0 aromatic carbocycles. The van der Waals surface area contributed by atoms with Crippen LogP contribution in [-0.2, 0) is 4.74 Å². The Hall–Kier alpha value is -0.190. The first-order valence-corrected chi connectivity index (χ1v) is 6.82. The smallest absolute Gasteiger partial charge is 0.128 e. The SMILES string of the molecule is CC1(C)CC(F)C(OC2CCNCC2)CCN1. The van der Waals surface area contributed by atoms with E-state index in [4.69, 9.17) is 4.74 Å². The van der Waals surface area contributed by atoms with Gasteiger partial charge in [0.1, 0.15) is 6.17 Å². The summed E-state index contributed by atoms with van der Waals surface area (Å²) < 4.78 is 20.1. The average Bonchev–Trinajstić information content (AvgIpc) is 2.39. The number of hydrogen-bond acceptors (Lipinski definition) is 3. The standard InChI is InChI=1S/C13H25FN2O/c1-13(2)9-11(14)12(5-8-16-13)17-10-3-6-15-7-4-10/h10-12,15-16H,3-9H2,1-2H3. The summed E-state index contributed by atoms with van der Waals surface area (Å²) in [4.78, 5) is 0. The average molecular weight is 244 g/mol. The number of hydrogen-bond donors (Lipinski definition) is 2. The topological polar surface area (TPSA) is 33.3 Å². The van der Waals surface area contributed by atoms with E-state index in [9.17, 15) is 4.39 Å². The van der Waals surface area contributed by atoms with Crippen molar-refractivity contribution in [3.63, 3.8) is 0 Å². The van der Waals surface area contributed by atoms with E-state index in [-0.39, 0.29) is 17.7 Å². The van der Waals surface area contributed by atoms with Gasteiger partial charge in [0.25, 0.3) is 0 Å². The van der Waals surface area contributed by atoms with Gasteiger partial charge in [0.2, 0.25) is 0 Å². The largest absolute Gasteiger partial charge is 0.372 e. The highest BCUT2D eigenvalue weighted by Gasteiger charge is 2.34. The normalized spacial score (nSPS) is 35.5. The molecule has 4 heteroatoms. The van der Waals surface area contributed by atoms with E-state index in [1.807, 2.05) is 0 Å². The first kappa shape index (κ1) is 13.2. The van der Waals surface area contributed by atoms with Crippen LogP contribution in [0.4, 0.5) is 4.39 Å². The molecule has 0 amide bonds. The van der Waals surface area contributed by atoms with Crippen LogP contribution < -0.4 is 10.6 Å². The van der Waals surface area contributed by atoms with Crippen molar-refractivity contribution < 1.29 is 9.13 Å². The molecule has 0 aliphatic carbocycles. The van der Waals surface area contributed by atoms with Crippen LogP contribution in [0.3, 0.4) is 0 Å². The van der Waals surface area contributed by atoms with Crippen molar-refractivity contribution in [1.82, 2.24) is 10.6 Å². The zero-order chi connectivity index (χ0) is 12.3. The van der Waals surface area contributed by atoms with Crippen LogP contribution >= 0.6 is 0 Å². The molecule has 0 saturated carbocycles. The Bertz CT molecular complexity index is 242. The van der Waals surface area contributed by atoms with Gasteiger partial charge >= 0.3 is 0 Å². The minimum absolute atomic E-state index is 0.106. The Labute approximate surface area is 103 Å². The Balaban J connectivity index is 1.86. The third kappa shape index (κ3) is 3.90. The summed E-state index contributed by atoms with van der Waals surface area (Å²) in [6, 6.07) is 0. The number of rotatable bonds is 2. The first-order valence-electron chi connectivity index (χ1n) is 6.82. The summed E-state index contributed by atoms with van der Waals surface area (Å²) in [7, 11) is 0. The quantitative estimate of drug-likeness (QED) is 0.774. The zero-order valence-electron chi connectivity index (χ0n) is 11.0. The summed E-state index contributed by atoms with van der Waals surface area (Å²) in [5.74, 6) is 0. The second-order valence-electron chi connectivity index (χ2n) is 5.94. The lowest BCUT2D eigenvalue weighted by Crippen LogP contribution is -2.40. The van der Waals surface area contributed by atoms with Gasteiger partial charge in [-0.05, 0) is 59.2 Å². The van der Waals surface area contributed by atoms with E-state index in [0.717, 1.165) is 38.9 Å². The molecule has 0 bridgehead atoms. The van der Waals surface area contributed by atoms with E-state index in [2.05, 4.69) is 24.5 Å². The molecular weight excluding hydrogens is 219 g/mol. The maximum atomic E-state index is 14.2. The summed E-state index contributed by atoms with van der Waals surface area (Å²) in [5, 5.41) is 6.69. The summed E-state index contributed by atoms with van der Waals surface area (Å²) in [6.45, 7) is 6.97. The summed E-state index contributed by atoms with van der Waals surface area (Å²) in [6.07, 6.45) is 2.56. The van der Waals surface area contributed by atoms with Crippen molar-refractivity contribution in [2.75, 3.05) is 19.6 Å². The van der Waals surface area contributed by atoms with E-state index >= 15 is 0 Å². The Morgan fingerprint density at radius 1 is 1.12 bits per heavy atom. The molecule has 100 valence electrons. The number of halogens is 1. The molecule has 2 fully saturated rings. The van der Waals surface area contributed by atoms with E-state index in [0.29, 0.717) is 6.42 Å². The van der Waals surface area contributed by atoms with Gasteiger partial charge in [-0.1, -0.05) is 0 Å². The molecule has 0 radical (unpaired) electrons. The molecular formula is C13H25FN2O. The van der Waals surface area contributed by atoms with E-state index in [1.54, 1.807) is 0 Å². The summed E-state index contributed by atoms with van der Waals surface area (Å²) in [5.41, 5.74) is -0.106. The van der Waals surface area contributed by atoms with Crippen molar-refractivity contribution in [2.24, 2.45) is 0 Å². The van der Waals surface area contributed by atoms with Gasteiger partial charge in [-0.3, -0.25) is 0 Å². The number of alkyl halides is 1. The lowest BCUT2D eigenvalue weighted by Gasteiger charge is -2.30. The van der Waals surface area contributed by atoms with E-state index < -0.39 is 6.17 Å². The van der Waals surface area contributed by atoms with Crippen LogP contribution in [0, 0.1) is 0 Å². The molecule has 2 heterocycles. The maximum Gasteiger partial charge on any atom is 0.128 e. The van der Waals surface area contributed by atoms with Gasteiger partial charge < -0.3 is 15.4 Å². The zero-order valence-corrected chi connectivity index (χ0v) is 11.0. The Kier molecular flexibility index (Phi) is 4.39. The van der Waals surface area contributed by atoms with Gasteiger partial charge in [-0.2, -0.15) is 0 Å². The molecule has 2 aliphatic rings. The molecule has 2 aliphatic heterocycles. The Morgan fingerprint density at radius 2 is 1.82 bits per heavy atom. The van der Waals surface area contributed by atoms with Crippen LogP contribution in [0.15, 0.2) is 0 Å². The molecule has 2 saturated heterocycles. The van der Waals surface area contributed by atoms with Crippen molar-refractivity contribution >= 4 is 0 Å². The fourth-order valence-electron chi connectivity index (χ4n) is 2.76. The van der Waals surface area contributed by atoms with Crippen molar-refractivity contribution in [3.05, 3.63) is 0 Å². The van der Waals surface area contributed by atoms with Crippen LogP contribution in [0.5, 0.6) is 0 Å². The molecule has 2 N–H and O–H groups in total. The van der Waals surface area contributed by atoms with E-state index in [1.165, 1.54) is 0 Å². The highest BCUT2D eigenvalue weighted by molar-refractivity contribution is 4.89. The van der Waals surface area contributed by atoms with Crippen LogP contribution in [0.25, 0.3) is 0 Å². The minimum Gasteiger partial charge on any atom is -0.372 e. The first-order chi connectivity index (χ1) is 8.07. The fraction of sp³-hybridized carbons (Fsp3) is 1.00. The third-order valence-electron chi connectivity index (χ3n) is 3.79. The van der Waals surface area contributed by atoms with Crippen LogP contribution in [-0.4, -0.2) is 43.6 Å². The molecule has 17 heavy (non-hydrogen) atoms. The second kappa shape index (κ2) is 5.63. The minimum atomic E-state index is -0.838. The highest BCUT2D eigenvalue weighted by atomic mass is 19.1. The van der Waals surface area contributed by atoms with Crippen LogP contribution in [0.1, 0.15) is 39.5 Å². The van der Waals surface area contributed by atoms with Gasteiger partial charge in [0.15, 0.2) is 0 Å². The molecule has 2 unspecified atom stereocenters. The predicted molar refractivity (Wildman–Crippen MR) is 67.0 cm³/mol. The van der Waals surface area contributed by atoms with Gasteiger partial charge in [0, 0.05) is 5.54 Å². The molecule has 2 atom stereocenters. The van der Waals surface area contributed by atoms with Crippen molar-refractivity contribution in [3.8, 4) is 0 Å². The second-order valence-corrected chi connectivity index (χ2v) is 5.94. The molecule has 0 aromatic rings. The van der Waals surface area contributed by atoms with Gasteiger partial charge in [-0.15, -0.1) is 0 Å². The van der Waals surface area contributed by atoms with Crippen molar-refractivity contribution in [1.29, 1.82) is 0 Å². The van der Waals surface area contributed by atoms with Gasteiger partial charge in [0.05, 0.1) is 12.2 Å². The highest BCUT2D eigenvalue weighted by Crippen LogP contribution is 2.25. The lowest BCUT2D eigenvalue weighted by molar-refractivity contribution is -0.0649.